The molecule has 0 N–H and O–H groups in total. The molecule has 1 aromatic heterocycles. The van der Waals surface area contributed by atoms with Crippen LogP contribution < -0.4 is 4.74 Å². The highest BCUT2D eigenvalue weighted by atomic mass is 16.5. The molecule has 19 heavy (non-hydrogen) atoms. The number of hydrogen-bond donors (Lipinski definition) is 0. The Hall–Kier alpha value is -1.77. The average Bonchev–Trinajstić information content (AvgIpc) is 2.87. The zero-order chi connectivity index (χ0) is 13.7. The van der Waals surface area contributed by atoms with Crippen LogP contribution in [0.15, 0.2) is 30.9 Å². The minimum atomic E-state index is 0.776. The molecule has 0 amide bonds. The van der Waals surface area contributed by atoms with Crippen LogP contribution in [-0.4, -0.2) is 16.2 Å². The summed E-state index contributed by atoms with van der Waals surface area (Å²) < 4.78 is 7.99. The van der Waals surface area contributed by atoms with Gasteiger partial charge in [-0.2, -0.15) is 0 Å². The van der Waals surface area contributed by atoms with Crippen LogP contribution in [0.2, 0.25) is 0 Å². The Balaban J connectivity index is 1.76. The molecule has 0 aliphatic rings. The Morgan fingerprint density at radius 1 is 1.16 bits per heavy atom. The van der Waals surface area contributed by atoms with Gasteiger partial charge in [0.15, 0.2) is 0 Å². The lowest BCUT2D eigenvalue weighted by atomic mass is 10.1. The number of unbranched alkanes of at least 4 members (excludes halogenated alkanes) is 1. The zero-order valence-corrected chi connectivity index (χ0v) is 12.0. The first-order valence-corrected chi connectivity index (χ1v) is 6.83. The number of imidazole rings is 1. The number of benzene rings is 1. The zero-order valence-electron chi connectivity index (χ0n) is 12.0. The van der Waals surface area contributed by atoms with Crippen LogP contribution in [0.1, 0.15) is 29.5 Å². The van der Waals surface area contributed by atoms with Gasteiger partial charge in [-0.15, -0.1) is 0 Å². The van der Waals surface area contributed by atoms with Gasteiger partial charge in [0.1, 0.15) is 5.75 Å². The molecule has 102 valence electrons. The van der Waals surface area contributed by atoms with E-state index in [4.69, 9.17) is 4.74 Å². The normalized spacial score (nSPS) is 10.7. The highest BCUT2D eigenvalue weighted by Crippen LogP contribution is 2.23. The SMILES string of the molecule is Cc1cc(C)c(C)c(OCCCCn2ccnc2)c1. The van der Waals surface area contributed by atoms with Gasteiger partial charge in [0.25, 0.3) is 0 Å². The summed E-state index contributed by atoms with van der Waals surface area (Å²) in [4.78, 5) is 4.03. The van der Waals surface area contributed by atoms with Crippen molar-refractivity contribution in [2.45, 2.75) is 40.2 Å². The number of rotatable bonds is 6. The first-order valence-electron chi connectivity index (χ1n) is 6.83. The predicted octanol–water partition coefficient (Wildman–Crippen LogP) is 3.67. The third kappa shape index (κ3) is 3.85. The fourth-order valence-corrected chi connectivity index (χ4v) is 2.15. The van der Waals surface area contributed by atoms with Crippen LogP contribution in [0.4, 0.5) is 0 Å². The summed E-state index contributed by atoms with van der Waals surface area (Å²) in [5.74, 6) is 1.03. The summed E-state index contributed by atoms with van der Waals surface area (Å²) in [5.41, 5.74) is 3.81. The summed E-state index contributed by atoms with van der Waals surface area (Å²) in [6.45, 7) is 8.15. The molecule has 0 spiro atoms. The summed E-state index contributed by atoms with van der Waals surface area (Å²) in [5, 5.41) is 0. The first kappa shape index (κ1) is 13.7. The number of ether oxygens (including phenoxy) is 1. The summed E-state index contributed by atoms with van der Waals surface area (Å²) in [6, 6.07) is 4.32. The van der Waals surface area contributed by atoms with E-state index >= 15 is 0 Å². The predicted molar refractivity (Wildman–Crippen MR) is 77.6 cm³/mol. The Morgan fingerprint density at radius 2 is 2.00 bits per heavy atom. The Bertz CT molecular complexity index is 518. The smallest absolute Gasteiger partial charge is 0.122 e. The number of hydrogen-bond acceptors (Lipinski definition) is 2. The minimum Gasteiger partial charge on any atom is -0.493 e. The van der Waals surface area contributed by atoms with E-state index in [0.717, 1.165) is 31.7 Å². The average molecular weight is 258 g/mol. The van der Waals surface area contributed by atoms with Crippen LogP contribution in [-0.2, 0) is 6.54 Å². The molecule has 2 rings (SSSR count). The minimum absolute atomic E-state index is 0.776. The molecule has 1 heterocycles. The number of aryl methyl sites for hydroxylation is 3. The second-order valence-corrected chi connectivity index (χ2v) is 5.06. The summed E-state index contributed by atoms with van der Waals surface area (Å²) in [6.07, 6.45) is 7.84. The van der Waals surface area contributed by atoms with Crippen molar-refractivity contribution in [1.29, 1.82) is 0 Å². The largest absolute Gasteiger partial charge is 0.493 e. The second kappa shape index (κ2) is 6.41. The Labute approximate surface area is 115 Å². The van der Waals surface area contributed by atoms with Crippen LogP contribution >= 0.6 is 0 Å². The van der Waals surface area contributed by atoms with Crippen LogP contribution in [0.3, 0.4) is 0 Å². The van der Waals surface area contributed by atoms with Gasteiger partial charge in [-0.05, 0) is 56.4 Å². The number of nitrogens with zero attached hydrogens (tertiary/aromatic N) is 2. The summed E-state index contributed by atoms with van der Waals surface area (Å²) in [7, 11) is 0. The van der Waals surface area contributed by atoms with Crippen molar-refractivity contribution in [3.8, 4) is 5.75 Å². The quantitative estimate of drug-likeness (QED) is 0.739. The van der Waals surface area contributed by atoms with E-state index < -0.39 is 0 Å². The van der Waals surface area contributed by atoms with Gasteiger partial charge in [0.05, 0.1) is 12.9 Å². The van der Waals surface area contributed by atoms with Crippen LogP contribution in [0.5, 0.6) is 5.75 Å². The van der Waals surface area contributed by atoms with Crippen molar-refractivity contribution in [3.63, 3.8) is 0 Å². The van der Waals surface area contributed by atoms with E-state index in [9.17, 15) is 0 Å². The number of aromatic nitrogens is 2. The van der Waals surface area contributed by atoms with Gasteiger partial charge in [-0.25, -0.2) is 4.98 Å². The fraction of sp³-hybridized carbons (Fsp3) is 0.438. The molecule has 0 bridgehead atoms. The molecule has 0 aliphatic carbocycles. The van der Waals surface area contributed by atoms with Gasteiger partial charge < -0.3 is 9.30 Å². The molecule has 0 atom stereocenters. The Kier molecular flexibility index (Phi) is 4.61. The van der Waals surface area contributed by atoms with Crippen molar-refractivity contribution in [1.82, 2.24) is 9.55 Å². The monoisotopic (exact) mass is 258 g/mol. The molecule has 0 unspecified atom stereocenters. The lowest BCUT2D eigenvalue weighted by Gasteiger charge is -2.12. The second-order valence-electron chi connectivity index (χ2n) is 5.06. The van der Waals surface area contributed by atoms with Gasteiger partial charge in [0, 0.05) is 18.9 Å². The molecule has 3 heteroatoms. The molecule has 0 aliphatic heterocycles. The highest BCUT2D eigenvalue weighted by Gasteiger charge is 2.03. The topological polar surface area (TPSA) is 27.1 Å². The van der Waals surface area contributed by atoms with Crippen molar-refractivity contribution in [2.24, 2.45) is 0 Å². The molecule has 0 fully saturated rings. The first-order chi connectivity index (χ1) is 9.16. The fourth-order valence-electron chi connectivity index (χ4n) is 2.15. The van der Waals surface area contributed by atoms with Crippen LogP contribution in [0.25, 0.3) is 0 Å². The van der Waals surface area contributed by atoms with E-state index in [1.807, 2.05) is 18.7 Å². The van der Waals surface area contributed by atoms with Gasteiger partial charge in [-0.1, -0.05) is 6.07 Å². The molecule has 2 aromatic rings. The van der Waals surface area contributed by atoms with E-state index in [0.29, 0.717) is 0 Å². The van der Waals surface area contributed by atoms with Crippen molar-refractivity contribution < 1.29 is 4.74 Å². The lowest BCUT2D eigenvalue weighted by molar-refractivity contribution is 0.301. The maximum absolute atomic E-state index is 5.89. The van der Waals surface area contributed by atoms with E-state index in [1.165, 1.54) is 16.7 Å². The van der Waals surface area contributed by atoms with Gasteiger partial charge in [0.2, 0.25) is 0 Å². The molecule has 0 saturated heterocycles. The molecule has 0 radical (unpaired) electrons. The molecule has 3 nitrogen and oxygen atoms in total. The van der Waals surface area contributed by atoms with E-state index in [-0.39, 0.29) is 0 Å². The standard InChI is InChI=1S/C16H22N2O/c1-13-10-14(2)15(3)16(11-13)19-9-5-4-7-18-8-6-17-12-18/h6,8,10-12H,4-5,7,9H2,1-3H3. The van der Waals surface area contributed by atoms with Gasteiger partial charge in [-0.3, -0.25) is 0 Å². The maximum Gasteiger partial charge on any atom is 0.122 e. The van der Waals surface area contributed by atoms with Crippen LogP contribution in [0, 0.1) is 20.8 Å². The molecular formula is C16H22N2O. The highest BCUT2D eigenvalue weighted by molar-refractivity contribution is 5.41. The van der Waals surface area contributed by atoms with E-state index in [1.54, 1.807) is 0 Å². The Morgan fingerprint density at radius 3 is 2.74 bits per heavy atom. The third-order valence-electron chi connectivity index (χ3n) is 3.39. The van der Waals surface area contributed by atoms with Crippen molar-refractivity contribution in [3.05, 3.63) is 47.5 Å². The lowest BCUT2D eigenvalue weighted by Crippen LogP contribution is -2.02. The van der Waals surface area contributed by atoms with Crippen molar-refractivity contribution in [2.75, 3.05) is 6.61 Å². The molecular weight excluding hydrogens is 236 g/mol. The maximum atomic E-state index is 5.89. The molecule has 0 saturated carbocycles. The van der Waals surface area contributed by atoms with Gasteiger partial charge >= 0.3 is 0 Å². The van der Waals surface area contributed by atoms with Crippen molar-refractivity contribution >= 4 is 0 Å². The molecule has 1 aromatic carbocycles. The van der Waals surface area contributed by atoms with E-state index in [2.05, 4.69) is 42.5 Å². The summed E-state index contributed by atoms with van der Waals surface area (Å²) >= 11 is 0. The third-order valence-corrected chi connectivity index (χ3v) is 3.39.